The Kier molecular flexibility index (Phi) is 4.96. The highest BCUT2D eigenvalue weighted by atomic mass is 14.5. The summed E-state index contributed by atoms with van der Waals surface area (Å²) < 4.78 is 0. The van der Waals surface area contributed by atoms with E-state index in [2.05, 4.69) is 30.3 Å². The van der Waals surface area contributed by atoms with E-state index in [4.69, 9.17) is 5.73 Å². The van der Waals surface area contributed by atoms with Crippen LogP contribution in [0.1, 0.15) is 5.56 Å². The average Bonchev–Trinajstić information content (AvgIpc) is 2.25. The molecule has 0 aliphatic heterocycles. The van der Waals surface area contributed by atoms with Gasteiger partial charge in [-0.15, -0.1) is 0 Å². The molecule has 0 saturated heterocycles. The molecule has 0 aliphatic rings. The van der Waals surface area contributed by atoms with Gasteiger partial charge in [-0.1, -0.05) is 54.6 Å². The SMILES string of the molecule is N\C=C/C=C\C=C\Cc1ccccc1. The molecule has 0 heterocycles. The molecule has 1 aromatic carbocycles. The largest absolute Gasteiger partial charge is 0.405 e. The highest BCUT2D eigenvalue weighted by Gasteiger charge is 1.83. The van der Waals surface area contributed by atoms with Crippen LogP contribution in [0.4, 0.5) is 0 Å². The zero-order valence-electron chi connectivity index (χ0n) is 8.14. The molecule has 2 N–H and O–H groups in total. The van der Waals surface area contributed by atoms with Crippen LogP contribution in [0.15, 0.2) is 66.9 Å². The summed E-state index contributed by atoms with van der Waals surface area (Å²) in [5.74, 6) is 0. The first kappa shape index (κ1) is 10.3. The summed E-state index contributed by atoms with van der Waals surface area (Å²) in [7, 11) is 0. The predicted octanol–water partition coefficient (Wildman–Crippen LogP) is 2.81. The van der Waals surface area contributed by atoms with Gasteiger partial charge in [-0.2, -0.15) is 0 Å². The van der Waals surface area contributed by atoms with Gasteiger partial charge < -0.3 is 5.73 Å². The number of allylic oxidation sites excluding steroid dienone is 5. The summed E-state index contributed by atoms with van der Waals surface area (Å²) in [4.78, 5) is 0. The quantitative estimate of drug-likeness (QED) is 0.717. The second kappa shape index (κ2) is 6.72. The lowest BCUT2D eigenvalue weighted by Gasteiger charge is -1.92. The molecule has 72 valence electrons. The number of benzene rings is 1. The zero-order valence-corrected chi connectivity index (χ0v) is 8.14. The van der Waals surface area contributed by atoms with Crippen LogP contribution < -0.4 is 5.73 Å². The van der Waals surface area contributed by atoms with E-state index >= 15 is 0 Å². The Labute approximate surface area is 85.3 Å². The summed E-state index contributed by atoms with van der Waals surface area (Å²) in [6.07, 6.45) is 12.3. The molecule has 1 aromatic rings. The van der Waals surface area contributed by atoms with Gasteiger partial charge in [0, 0.05) is 0 Å². The van der Waals surface area contributed by atoms with Crippen molar-refractivity contribution in [2.45, 2.75) is 6.42 Å². The van der Waals surface area contributed by atoms with Gasteiger partial charge >= 0.3 is 0 Å². The lowest BCUT2D eigenvalue weighted by molar-refractivity contribution is 1.27. The second-order valence-corrected chi connectivity index (χ2v) is 2.89. The first-order chi connectivity index (χ1) is 6.93. The van der Waals surface area contributed by atoms with E-state index in [0.717, 1.165) is 6.42 Å². The Hall–Kier alpha value is -1.76. The van der Waals surface area contributed by atoms with Crippen molar-refractivity contribution >= 4 is 0 Å². The normalized spacial score (nSPS) is 12.0. The molecule has 1 heteroatoms. The van der Waals surface area contributed by atoms with Crippen molar-refractivity contribution in [2.75, 3.05) is 0 Å². The minimum Gasteiger partial charge on any atom is -0.405 e. The minimum absolute atomic E-state index is 0.970. The Balaban J connectivity index is 2.34. The van der Waals surface area contributed by atoms with Gasteiger partial charge in [0.1, 0.15) is 0 Å². The summed E-state index contributed by atoms with van der Waals surface area (Å²) in [6.45, 7) is 0. The smallest absolute Gasteiger partial charge is 0.00624 e. The average molecular weight is 185 g/mol. The van der Waals surface area contributed by atoms with Gasteiger partial charge in [0.05, 0.1) is 0 Å². The minimum atomic E-state index is 0.970. The monoisotopic (exact) mass is 185 g/mol. The van der Waals surface area contributed by atoms with E-state index in [0.29, 0.717) is 0 Å². The molecule has 0 unspecified atom stereocenters. The highest BCUT2D eigenvalue weighted by Crippen LogP contribution is 1.99. The molecule has 0 bridgehead atoms. The summed E-state index contributed by atoms with van der Waals surface area (Å²) in [5, 5.41) is 0. The van der Waals surface area contributed by atoms with Gasteiger partial charge in [0.25, 0.3) is 0 Å². The molecule has 0 spiro atoms. The van der Waals surface area contributed by atoms with Crippen LogP contribution in [-0.4, -0.2) is 0 Å². The standard InChI is InChI=1S/C13H15N/c14-12-8-3-1-2-5-9-13-10-6-4-7-11-13/h1-8,10-12H,9,14H2/b3-1-,5-2+,12-8-. The molecule has 0 saturated carbocycles. The van der Waals surface area contributed by atoms with Gasteiger partial charge in [-0.25, -0.2) is 0 Å². The van der Waals surface area contributed by atoms with E-state index < -0.39 is 0 Å². The molecule has 1 nitrogen and oxygen atoms in total. The van der Waals surface area contributed by atoms with Crippen molar-refractivity contribution in [3.05, 3.63) is 72.5 Å². The van der Waals surface area contributed by atoms with E-state index in [9.17, 15) is 0 Å². The number of hydrogen-bond acceptors (Lipinski definition) is 1. The lowest BCUT2D eigenvalue weighted by Crippen LogP contribution is -1.77. The Morgan fingerprint density at radius 2 is 1.64 bits per heavy atom. The van der Waals surface area contributed by atoms with Crippen molar-refractivity contribution in [1.29, 1.82) is 0 Å². The Bertz CT molecular complexity index is 320. The van der Waals surface area contributed by atoms with Gasteiger partial charge in [-0.3, -0.25) is 0 Å². The van der Waals surface area contributed by atoms with E-state index in [-0.39, 0.29) is 0 Å². The van der Waals surface area contributed by atoms with Crippen LogP contribution in [-0.2, 0) is 6.42 Å². The predicted molar refractivity (Wildman–Crippen MR) is 61.8 cm³/mol. The fourth-order valence-corrected chi connectivity index (χ4v) is 1.09. The second-order valence-electron chi connectivity index (χ2n) is 2.89. The third-order valence-corrected chi connectivity index (χ3v) is 1.78. The van der Waals surface area contributed by atoms with Crippen LogP contribution in [0.5, 0.6) is 0 Å². The molecule has 1 rings (SSSR count). The fraction of sp³-hybridized carbons (Fsp3) is 0.0769. The summed E-state index contributed by atoms with van der Waals surface area (Å²) in [5.41, 5.74) is 6.50. The topological polar surface area (TPSA) is 26.0 Å². The maximum absolute atomic E-state index is 5.18. The van der Waals surface area contributed by atoms with Crippen LogP contribution in [0.3, 0.4) is 0 Å². The van der Waals surface area contributed by atoms with Crippen molar-refractivity contribution in [2.24, 2.45) is 5.73 Å². The van der Waals surface area contributed by atoms with Gasteiger partial charge in [0.15, 0.2) is 0 Å². The van der Waals surface area contributed by atoms with E-state index in [1.807, 2.05) is 24.3 Å². The summed E-state index contributed by atoms with van der Waals surface area (Å²) >= 11 is 0. The maximum Gasteiger partial charge on any atom is -0.00624 e. The van der Waals surface area contributed by atoms with Crippen molar-refractivity contribution < 1.29 is 0 Å². The Morgan fingerprint density at radius 3 is 2.36 bits per heavy atom. The third kappa shape index (κ3) is 4.31. The first-order valence-electron chi connectivity index (χ1n) is 4.67. The lowest BCUT2D eigenvalue weighted by atomic mass is 10.1. The first-order valence-corrected chi connectivity index (χ1v) is 4.67. The van der Waals surface area contributed by atoms with Crippen LogP contribution >= 0.6 is 0 Å². The zero-order chi connectivity index (χ0) is 10.1. The van der Waals surface area contributed by atoms with Crippen LogP contribution in [0.2, 0.25) is 0 Å². The fourth-order valence-electron chi connectivity index (χ4n) is 1.09. The molecule has 0 aliphatic carbocycles. The Morgan fingerprint density at radius 1 is 0.929 bits per heavy atom. The molecule has 14 heavy (non-hydrogen) atoms. The molecule has 0 amide bonds. The maximum atomic E-state index is 5.18. The molecular weight excluding hydrogens is 170 g/mol. The summed E-state index contributed by atoms with van der Waals surface area (Å²) in [6, 6.07) is 10.4. The molecule has 0 aromatic heterocycles. The molecule has 0 radical (unpaired) electrons. The van der Waals surface area contributed by atoms with Crippen molar-refractivity contribution in [3.63, 3.8) is 0 Å². The van der Waals surface area contributed by atoms with E-state index in [1.165, 1.54) is 11.8 Å². The van der Waals surface area contributed by atoms with Crippen molar-refractivity contribution in [3.8, 4) is 0 Å². The van der Waals surface area contributed by atoms with E-state index in [1.54, 1.807) is 6.08 Å². The molecular formula is C13H15N. The molecule has 0 fully saturated rings. The van der Waals surface area contributed by atoms with Crippen LogP contribution in [0.25, 0.3) is 0 Å². The molecule has 0 atom stereocenters. The van der Waals surface area contributed by atoms with Gasteiger partial charge in [-0.05, 0) is 24.3 Å². The highest BCUT2D eigenvalue weighted by molar-refractivity contribution is 5.19. The van der Waals surface area contributed by atoms with Gasteiger partial charge in [0.2, 0.25) is 0 Å². The number of rotatable bonds is 4. The van der Waals surface area contributed by atoms with Crippen LogP contribution in [0, 0.1) is 0 Å². The third-order valence-electron chi connectivity index (χ3n) is 1.78. The van der Waals surface area contributed by atoms with Crippen molar-refractivity contribution in [1.82, 2.24) is 0 Å². The number of hydrogen-bond donors (Lipinski definition) is 1. The number of nitrogens with two attached hydrogens (primary N) is 1.